The van der Waals surface area contributed by atoms with E-state index in [1.54, 1.807) is 11.1 Å². The Morgan fingerprint density at radius 1 is 0.553 bits per heavy atom. The number of para-hydroxylation sites is 1. The van der Waals surface area contributed by atoms with Crippen LogP contribution in [0.25, 0.3) is 83.0 Å². The van der Waals surface area contributed by atoms with Gasteiger partial charge in [-0.15, -0.1) is 34.0 Å². The third kappa shape index (κ3) is 2.75. The molecule has 0 bridgehead atoms. The molecule has 0 saturated carbocycles. The SMILES string of the molecule is c1cc2c3c(c1)-c1sc4ccccc4c1CC3c1c3c(cc4sc5ccccc5c14)-c1cccc4c5c6ccccc6sc5n(c14)B23. The summed E-state index contributed by atoms with van der Waals surface area (Å²) in [5.41, 5.74) is 13.4. The molecule has 6 heterocycles. The molecule has 0 radical (unpaired) electrons. The molecular weight excluding hydrogens is 625 g/mol. The van der Waals surface area contributed by atoms with Crippen LogP contribution < -0.4 is 10.9 Å². The molecule has 0 N–H and O–H groups in total. The van der Waals surface area contributed by atoms with E-state index in [9.17, 15) is 0 Å². The summed E-state index contributed by atoms with van der Waals surface area (Å²) in [7, 11) is 0. The van der Waals surface area contributed by atoms with E-state index in [-0.39, 0.29) is 6.85 Å². The molecular formula is C42H22BNS3. The Morgan fingerprint density at radius 3 is 2.09 bits per heavy atom. The Morgan fingerprint density at radius 2 is 1.23 bits per heavy atom. The standard InChI is InChI=1S/C42H22BNS3/c1-4-16-31-21(9-1)28-19-29-35-26(41(28)46-31)14-8-15-30(35)43-39-27(20-34-37(38(29)39)24-11-3-5-17-32(24)45-34)22-12-7-13-25-36-23-10-2-6-18-33(23)47-42(36)44(43)40(22)25/h1-18,20,29H,19H2. The van der Waals surface area contributed by atoms with Gasteiger partial charge in [0.25, 0.3) is 0 Å². The number of hydrogen-bond acceptors (Lipinski definition) is 3. The van der Waals surface area contributed by atoms with Crippen molar-refractivity contribution in [2.24, 2.45) is 0 Å². The van der Waals surface area contributed by atoms with Crippen LogP contribution in [0.2, 0.25) is 0 Å². The first-order chi connectivity index (χ1) is 23.3. The maximum atomic E-state index is 2.77. The number of hydrogen-bond donors (Lipinski definition) is 0. The molecule has 0 amide bonds. The lowest BCUT2D eigenvalue weighted by Crippen LogP contribution is -2.57. The van der Waals surface area contributed by atoms with Gasteiger partial charge in [0.15, 0.2) is 0 Å². The molecule has 10 aromatic rings. The Kier molecular flexibility index (Phi) is 4.29. The van der Waals surface area contributed by atoms with Gasteiger partial charge in [-0.3, -0.25) is 0 Å². The van der Waals surface area contributed by atoms with Crippen molar-refractivity contribution < 1.29 is 0 Å². The van der Waals surface area contributed by atoms with Crippen LogP contribution in [0.3, 0.4) is 0 Å². The molecule has 1 unspecified atom stereocenters. The van der Waals surface area contributed by atoms with Gasteiger partial charge in [0.1, 0.15) is 0 Å². The average Bonchev–Trinajstić information content (AvgIpc) is 3.87. The van der Waals surface area contributed by atoms with Crippen molar-refractivity contribution in [2.45, 2.75) is 12.3 Å². The molecule has 47 heavy (non-hydrogen) atoms. The average molecular weight is 648 g/mol. The predicted molar refractivity (Wildman–Crippen MR) is 206 cm³/mol. The van der Waals surface area contributed by atoms with Crippen LogP contribution in [-0.4, -0.2) is 11.3 Å². The second-order valence-corrected chi connectivity index (χ2v) is 16.6. The van der Waals surface area contributed by atoms with E-state index < -0.39 is 0 Å². The van der Waals surface area contributed by atoms with Crippen molar-refractivity contribution in [3.05, 3.63) is 132 Å². The molecule has 5 heteroatoms. The zero-order valence-corrected chi connectivity index (χ0v) is 27.5. The summed E-state index contributed by atoms with van der Waals surface area (Å²) < 4.78 is 8.35. The lowest BCUT2D eigenvalue weighted by atomic mass is 9.40. The number of aromatic nitrogens is 1. The second-order valence-electron chi connectivity index (χ2n) is 13.4. The van der Waals surface area contributed by atoms with Crippen LogP contribution in [0, 0.1) is 0 Å². The molecule has 0 spiro atoms. The van der Waals surface area contributed by atoms with Gasteiger partial charge in [-0.05, 0) is 74.8 Å². The first-order valence-corrected chi connectivity index (χ1v) is 18.8. The van der Waals surface area contributed by atoms with Crippen molar-refractivity contribution in [1.29, 1.82) is 0 Å². The topological polar surface area (TPSA) is 4.93 Å². The van der Waals surface area contributed by atoms with Gasteiger partial charge in [0.2, 0.25) is 0 Å². The molecule has 1 aliphatic carbocycles. The van der Waals surface area contributed by atoms with E-state index in [4.69, 9.17) is 0 Å². The van der Waals surface area contributed by atoms with Gasteiger partial charge < -0.3 is 4.48 Å². The first kappa shape index (κ1) is 24.5. The van der Waals surface area contributed by atoms with Crippen LogP contribution in [0.1, 0.15) is 22.6 Å². The van der Waals surface area contributed by atoms with E-state index >= 15 is 0 Å². The van der Waals surface area contributed by atoms with Crippen LogP contribution >= 0.6 is 34.0 Å². The van der Waals surface area contributed by atoms with Gasteiger partial charge in [0.05, 0.1) is 4.83 Å². The number of thiophene rings is 3. The third-order valence-corrected chi connectivity index (χ3v) is 14.9. The molecule has 0 fully saturated rings. The van der Waals surface area contributed by atoms with Crippen molar-refractivity contribution >= 4 is 113 Å². The zero-order chi connectivity index (χ0) is 30.1. The third-order valence-electron chi connectivity index (χ3n) is 11.4. The monoisotopic (exact) mass is 647 g/mol. The van der Waals surface area contributed by atoms with E-state index in [1.807, 2.05) is 34.0 Å². The molecule has 13 rings (SSSR count). The lowest BCUT2D eigenvalue weighted by molar-refractivity contribution is 0.814. The fourth-order valence-electron chi connectivity index (χ4n) is 9.75. The predicted octanol–water partition coefficient (Wildman–Crippen LogP) is 10.9. The Labute approximate surface area is 282 Å². The zero-order valence-electron chi connectivity index (χ0n) is 25.0. The molecule has 0 saturated heterocycles. The number of fused-ring (bicyclic) bond motifs is 17. The molecule has 216 valence electrons. The summed E-state index contributed by atoms with van der Waals surface area (Å²) in [5, 5.41) is 8.52. The first-order valence-electron chi connectivity index (χ1n) is 16.4. The van der Waals surface area contributed by atoms with Crippen molar-refractivity contribution in [3.63, 3.8) is 0 Å². The Bertz CT molecular complexity index is 3080. The highest BCUT2D eigenvalue weighted by atomic mass is 32.1. The summed E-state index contributed by atoms with van der Waals surface area (Å²) in [6.45, 7) is 0.133. The molecule has 4 aromatic heterocycles. The van der Waals surface area contributed by atoms with Crippen molar-refractivity contribution in [1.82, 2.24) is 4.48 Å². The van der Waals surface area contributed by atoms with Crippen molar-refractivity contribution in [2.75, 3.05) is 0 Å². The molecule has 2 aliphatic heterocycles. The maximum Gasteiger partial charge on any atom is 0.330 e. The van der Waals surface area contributed by atoms with E-state index in [0.29, 0.717) is 5.92 Å². The highest BCUT2D eigenvalue weighted by molar-refractivity contribution is 7.27. The fraction of sp³-hybridized carbons (Fsp3) is 0.0476. The lowest BCUT2D eigenvalue weighted by Gasteiger charge is -2.41. The number of benzene rings is 6. The normalized spacial score (nSPS) is 15.7. The minimum Gasteiger partial charge on any atom is -0.367 e. The molecule has 1 nitrogen and oxygen atoms in total. The van der Waals surface area contributed by atoms with Crippen LogP contribution in [0.15, 0.2) is 115 Å². The number of nitrogens with zero attached hydrogens (tertiary/aromatic N) is 1. The van der Waals surface area contributed by atoms with E-state index in [0.717, 1.165) is 6.42 Å². The van der Waals surface area contributed by atoms with Crippen LogP contribution in [0.5, 0.6) is 0 Å². The van der Waals surface area contributed by atoms with Gasteiger partial charge >= 0.3 is 6.85 Å². The fourth-order valence-corrected chi connectivity index (χ4v) is 13.4. The molecule has 6 aromatic carbocycles. The largest absolute Gasteiger partial charge is 0.367 e. The number of rotatable bonds is 0. The maximum absolute atomic E-state index is 2.77. The summed E-state index contributed by atoms with van der Waals surface area (Å²) in [6, 6.07) is 44.1. The van der Waals surface area contributed by atoms with Crippen LogP contribution in [-0.2, 0) is 6.42 Å². The Hall–Kier alpha value is -4.68. The van der Waals surface area contributed by atoms with E-state index in [2.05, 4.69) is 120 Å². The summed E-state index contributed by atoms with van der Waals surface area (Å²) in [6.07, 6.45) is 1.05. The van der Waals surface area contributed by atoms with E-state index in [1.165, 1.54) is 99.5 Å². The van der Waals surface area contributed by atoms with Crippen molar-refractivity contribution in [3.8, 4) is 21.6 Å². The summed E-state index contributed by atoms with van der Waals surface area (Å²) >= 11 is 5.93. The minimum absolute atomic E-state index is 0.133. The van der Waals surface area contributed by atoms with Gasteiger partial charge in [0, 0.05) is 67.6 Å². The summed E-state index contributed by atoms with van der Waals surface area (Å²) in [5.74, 6) is 0.313. The van der Waals surface area contributed by atoms with Gasteiger partial charge in [-0.2, -0.15) is 0 Å². The van der Waals surface area contributed by atoms with Gasteiger partial charge in [-0.1, -0.05) is 91.0 Å². The van der Waals surface area contributed by atoms with Crippen LogP contribution in [0.4, 0.5) is 0 Å². The smallest absolute Gasteiger partial charge is 0.330 e. The molecule has 3 aliphatic rings. The second kappa shape index (κ2) is 8.24. The van der Waals surface area contributed by atoms with Gasteiger partial charge in [-0.25, -0.2) is 0 Å². The minimum atomic E-state index is 0.133. The quantitative estimate of drug-likeness (QED) is 0.144. The highest BCUT2D eigenvalue weighted by Crippen LogP contribution is 2.55. The Balaban J connectivity index is 1.28. The summed E-state index contributed by atoms with van der Waals surface area (Å²) in [4.78, 5) is 2.88. The highest BCUT2D eigenvalue weighted by Gasteiger charge is 2.47. The molecule has 1 atom stereocenters.